The van der Waals surface area contributed by atoms with Gasteiger partial charge in [0.1, 0.15) is 0 Å². The summed E-state index contributed by atoms with van der Waals surface area (Å²) in [5, 5.41) is 3.35. The highest BCUT2D eigenvalue weighted by Crippen LogP contribution is 2.40. The number of carbonyl (C=O) groups excluding carboxylic acids is 2. The number of fused-ring (bicyclic) bond motifs is 2. The average Bonchev–Trinajstić information content (AvgIpc) is 3.22. The maximum Gasteiger partial charge on any atom is 0.225 e. The Labute approximate surface area is 163 Å². The fourth-order valence-electron chi connectivity index (χ4n) is 6.20. The largest absolute Gasteiger partial charge is 0.353 e. The fourth-order valence-corrected chi connectivity index (χ4v) is 6.20. The van der Waals surface area contributed by atoms with Gasteiger partial charge in [0.25, 0.3) is 0 Å². The number of hydrogen-bond donors (Lipinski definition) is 2. The Morgan fingerprint density at radius 2 is 1.93 bits per heavy atom. The lowest BCUT2D eigenvalue weighted by atomic mass is 9.67. The summed E-state index contributed by atoms with van der Waals surface area (Å²) in [6, 6.07) is 1.05. The molecule has 4 atom stereocenters. The third-order valence-electron chi connectivity index (χ3n) is 7.61. The Bertz CT molecular complexity index is 554. The molecule has 0 aromatic carbocycles. The average molecular weight is 377 g/mol. The van der Waals surface area contributed by atoms with E-state index in [0.717, 1.165) is 32.5 Å². The summed E-state index contributed by atoms with van der Waals surface area (Å²) < 4.78 is 0. The van der Waals surface area contributed by atoms with Crippen LogP contribution in [0.1, 0.15) is 58.3 Å². The van der Waals surface area contributed by atoms with Gasteiger partial charge in [0.15, 0.2) is 0 Å². The molecule has 152 valence electrons. The summed E-state index contributed by atoms with van der Waals surface area (Å²) >= 11 is 0. The monoisotopic (exact) mass is 376 g/mol. The summed E-state index contributed by atoms with van der Waals surface area (Å²) in [6.07, 6.45) is 8.46. The number of likely N-dealkylation sites (N-methyl/N-ethyl adjacent to an activating group) is 1. The van der Waals surface area contributed by atoms with Crippen LogP contribution in [0, 0.1) is 17.8 Å². The molecular weight excluding hydrogens is 340 g/mol. The third-order valence-corrected chi connectivity index (χ3v) is 7.61. The molecule has 2 amide bonds. The number of carbonyl (C=O) groups is 2. The second kappa shape index (κ2) is 8.08. The van der Waals surface area contributed by atoms with Gasteiger partial charge in [-0.2, -0.15) is 0 Å². The van der Waals surface area contributed by atoms with Gasteiger partial charge >= 0.3 is 0 Å². The molecule has 0 aromatic heterocycles. The van der Waals surface area contributed by atoms with Crippen molar-refractivity contribution in [3.05, 3.63) is 0 Å². The quantitative estimate of drug-likeness (QED) is 0.759. The molecule has 3 N–H and O–H groups in total. The number of amides is 2. The molecule has 4 aliphatic rings. The van der Waals surface area contributed by atoms with Crippen LogP contribution in [0.15, 0.2) is 0 Å². The van der Waals surface area contributed by atoms with E-state index in [1.54, 1.807) is 0 Å². The molecule has 4 fully saturated rings. The van der Waals surface area contributed by atoms with Crippen LogP contribution in [0.5, 0.6) is 0 Å². The van der Waals surface area contributed by atoms with E-state index in [4.69, 9.17) is 5.73 Å². The summed E-state index contributed by atoms with van der Waals surface area (Å²) in [5.74, 6) is 1.14. The lowest BCUT2D eigenvalue weighted by Crippen LogP contribution is -2.54. The highest BCUT2D eigenvalue weighted by molar-refractivity contribution is 5.89. The number of hydrogen-bond acceptors (Lipinski definition) is 4. The van der Waals surface area contributed by atoms with Crippen molar-refractivity contribution in [2.75, 3.05) is 26.2 Å². The number of nitrogens with two attached hydrogens (primary N) is 1. The summed E-state index contributed by atoms with van der Waals surface area (Å²) in [5.41, 5.74) is 6.21. The number of nitrogens with zero attached hydrogens (tertiary/aromatic N) is 2. The highest BCUT2D eigenvalue weighted by Gasteiger charge is 2.42. The van der Waals surface area contributed by atoms with Gasteiger partial charge in [-0.25, -0.2) is 0 Å². The summed E-state index contributed by atoms with van der Waals surface area (Å²) in [7, 11) is 0. The van der Waals surface area contributed by atoms with Crippen molar-refractivity contribution < 1.29 is 9.59 Å². The van der Waals surface area contributed by atoms with Crippen molar-refractivity contribution in [2.45, 2.75) is 76.4 Å². The molecule has 6 nitrogen and oxygen atoms in total. The standard InChI is InChI=1S/C21H36N4O2/c1-2-24-8-4-7-18(24)13-25-12-16(11-19(25)26)21(27)23-20-14-5-3-6-15(20)10-17(22)9-14/h14-18,20H,2-13,22H2,1H3,(H,23,27). The molecule has 2 saturated heterocycles. The zero-order chi connectivity index (χ0) is 19.0. The predicted octanol–water partition coefficient (Wildman–Crippen LogP) is 1.34. The molecule has 2 aliphatic carbocycles. The predicted molar refractivity (Wildman–Crippen MR) is 105 cm³/mol. The molecular formula is C21H36N4O2. The topological polar surface area (TPSA) is 78.7 Å². The van der Waals surface area contributed by atoms with Gasteiger partial charge in [-0.15, -0.1) is 0 Å². The maximum atomic E-state index is 12.9. The van der Waals surface area contributed by atoms with Gasteiger partial charge in [0, 0.05) is 37.6 Å². The second-order valence-electron chi connectivity index (χ2n) is 9.34. The molecule has 27 heavy (non-hydrogen) atoms. The van der Waals surface area contributed by atoms with Crippen LogP contribution in [0.3, 0.4) is 0 Å². The smallest absolute Gasteiger partial charge is 0.225 e. The minimum Gasteiger partial charge on any atom is -0.353 e. The lowest BCUT2D eigenvalue weighted by molar-refractivity contribution is -0.130. The second-order valence-corrected chi connectivity index (χ2v) is 9.34. The molecule has 0 aromatic rings. The Balaban J connectivity index is 1.33. The molecule has 4 rings (SSSR count). The van der Waals surface area contributed by atoms with E-state index in [1.165, 1.54) is 32.1 Å². The molecule has 6 heteroatoms. The Hall–Kier alpha value is -1.14. The summed E-state index contributed by atoms with van der Waals surface area (Å²) in [4.78, 5) is 29.9. The van der Waals surface area contributed by atoms with E-state index < -0.39 is 0 Å². The third kappa shape index (κ3) is 4.02. The van der Waals surface area contributed by atoms with E-state index in [0.29, 0.717) is 36.9 Å². The van der Waals surface area contributed by atoms with Gasteiger partial charge < -0.3 is 16.0 Å². The maximum absolute atomic E-state index is 12.9. The number of likely N-dealkylation sites (tertiary alicyclic amines) is 2. The van der Waals surface area contributed by atoms with Gasteiger partial charge in [-0.1, -0.05) is 13.3 Å². The first-order valence-corrected chi connectivity index (χ1v) is 11.1. The van der Waals surface area contributed by atoms with Gasteiger partial charge in [0.05, 0.1) is 5.92 Å². The van der Waals surface area contributed by atoms with Crippen LogP contribution in [-0.4, -0.2) is 65.9 Å². The molecule has 2 heterocycles. The van der Waals surface area contributed by atoms with Crippen LogP contribution in [0.25, 0.3) is 0 Å². The van der Waals surface area contributed by atoms with E-state index >= 15 is 0 Å². The van der Waals surface area contributed by atoms with Crippen molar-refractivity contribution >= 4 is 11.8 Å². The number of nitrogens with one attached hydrogen (secondary N) is 1. The van der Waals surface area contributed by atoms with Gasteiger partial charge in [0.2, 0.25) is 11.8 Å². The Morgan fingerprint density at radius 3 is 2.63 bits per heavy atom. The lowest BCUT2D eigenvalue weighted by Gasteiger charge is -2.45. The molecule has 2 aliphatic heterocycles. The zero-order valence-corrected chi connectivity index (χ0v) is 16.7. The van der Waals surface area contributed by atoms with Crippen molar-refractivity contribution in [2.24, 2.45) is 23.5 Å². The van der Waals surface area contributed by atoms with Crippen molar-refractivity contribution in [3.63, 3.8) is 0 Å². The minimum absolute atomic E-state index is 0.0991. The van der Waals surface area contributed by atoms with Crippen LogP contribution >= 0.6 is 0 Å². The minimum atomic E-state index is -0.176. The first kappa shape index (κ1) is 19.2. The normalized spacial score (nSPS) is 39.8. The first-order valence-electron chi connectivity index (χ1n) is 11.1. The summed E-state index contributed by atoms with van der Waals surface area (Å²) in [6.45, 7) is 5.76. The van der Waals surface area contributed by atoms with Crippen LogP contribution in [0.4, 0.5) is 0 Å². The molecule has 0 radical (unpaired) electrons. The molecule has 2 bridgehead atoms. The van der Waals surface area contributed by atoms with Crippen LogP contribution < -0.4 is 11.1 Å². The SMILES string of the molecule is CCN1CCCC1CN1CC(C(=O)NC2C3CCCC2CC(N)C3)CC1=O. The van der Waals surface area contributed by atoms with E-state index in [1.807, 2.05) is 4.90 Å². The highest BCUT2D eigenvalue weighted by atomic mass is 16.2. The number of rotatable bonds is 5. The van der Waals surface area contributed by atoms with Gasteiger partial charge in [-0.3, -0.25) is 14.5 Å². The van der Waals surface area contributed by atoms with Crippen molar-refractivity contribution in [1.29, 1.82) is 0 Å². The Morgan fingerprint density at radius 1 is 1.19 bits per heavy atom. The van der Waals surface area contributed by atoms with Crippen molar-refractivity contribution in [1.82, 2.24) is 15.1 Å². The van der Waals surface area contributed by atoms with Gasteiger partial charge in [-0.05, 0) is 63.5 Å². The molecule has 2 saturated carbocycles. The van der Waals surface area contributed by atoms with E-state index in [9.17, 15) is 9.59 Å². The van der Waals surface area contributed by atoms with Crippen molar-refractivity contribution in [3.8, 4) is 0 Å². The van der Waals surface area contributed by atoms with Crippen LogP contribution in [0.2, 0.25) is 0 Å². The fraction of sp³-hybridized carbons (Fsp3) is 0.905. The molecule has 0 spiro atoms. The molecule has 4 unspecified atom stereocenters. The Kier molecular flexibility index (Phi) is 5.74. The first-order chi connectivity index (χ1) is 13.0. The zero-order valence-electron chi connectivity index (χ0n) is 16.7. The van der Waals surface area contributed by atoms with E-state index in [-0.39, 0.29) is 23.8 Å². The van der Waals surface area contributed by atoms with E-state index in [2.05, 4.69) is 17.1 Å². The van der Waals surface area contributed by atoms with Crippen LogP contribution in [-0.2, 0) is 9.59 Å².